The molecule has 0 fully saturated rings. The van der Waals surface area contributed by atoms with Gasteiger partial charge in [-0.15, -0.1) is 0 Å². The maximum Gasteiger partial charge on any atom is 0.339 e. The Labute approximate surface area is 182 Å². The van der Waals surface area contributed by atoms with E-state index >= 15 is 0 Å². The van der Waals surface area contributed by atoms with Gasteiger partial charge < -0.3 is 9.50 Å². The molecule has 31 heavy (non-hydrogen) atoms. The minimum absolute atomic E-state index is 0.117. The van der Waals surface area contributed by atoms with Crippen molar-refractivity contribution in [3.05, 3.63) is 78.5 Å². The van der Waals surface area contributed by atoms with Crippen LogP contribution >= 0.6 is 0 Å². The third kappa shape index (κ3) is 4.56. The van der Waals surface area contributed by atoms with Gasteiger partial charge in [0.2, 0.25) is 0 Å². The van der Waals surface area contributed by atoms with E-state index in [1.807, 2.05) is 41.8 Å². The predicted octanol–water partition coefficient (Wildman–Crippen LogP) is 5.29. The largest absolute Gasteiger partial charge is 0.379 e. The number of hydrogen-bond acceptors (Lipinski definition) is 5. The standard InChI is InChI=1S/C24H25N3O3S/c1-17-11-13-20(14-12-17)31(28,29)30-19-9-7-8-18(16-19)22-23(26-24(2,3)4)27-15-6-5-10-21(27)25-22/h5-16,26H,1-4H3. The summed E-state index contributed by atoms with van der Waals surface area (Å²) in [6, 6.07) is 19.4. The molecule has 0 aliphatic carbocycles. The third-order valence-electron chi connectivity index (χ3n) is 4.65. The molecule has 0 aliphatic rings. The second-order valence-electron chi connectivity index (χ2n) is 8.49. The van der Waals surface area contributed by atoms with E-state index in [2.05, 4.69) is 26.1 Å². The molecule has 0 aliphatic heterocycles. The monoisotopic (exact) mass is 435 g/mol. The molecule has 2 aromatic heterocycles. The van der Waals surface area contributed by atoms with E-state index in [0.29, 0.717) is 0 Å². The minimum Gasteiger partial charge on any atom is -0.379 e. The van der Waals surface area contributed by atoms with Crippen LogP contribution in [0.15, 0.2) is 77.8 Å². The number of benzene rings is 2. The average molecular weight is 436 g/mol. The van der Waals surface area contributed by atoms with Crippen molar-refractivity contribution in [3.63, 3.8) is 0 Å². The van der Waals surface area contributed by atoms with Crippen molar-refractivity contribution in [2.24, 2.45) is 0 Å². The first kappa shape index (κ1) is 20.9. The molecular weight excluding hydrogens is 410 g/mol. The molecule has 0 saturated carbocycles. The summed E-state index contributed by atoms with van der Waals surface area (Å²) in [5.41, 5.74) is 3.06. The Balaban J connectivity index is 1.74. The SMILES string of the molecule is Cc1ccc(S(=O)(=O)Oc2cccc(-c3nc4ccccn4c3NC(C)(C)C)c2)cc1. The molecule has 7 heteroatoms. The Bertz CT molecular complexity index is 1330. The van der Waals surface area contributed by atoms with Gasteiger partial charge >= 0.3 is 10.1 Å². The minimum atomic E-state index is -3.93. The van der Waals surface area contributed by atoms with Crippen LogP contribution in [0.5, 0.6) is 5.75 Å². The van der Waals surface area contributed by atoms with Crippen LogP contribution < -0.4 is 9.50 Å². The second kappa shape index (κ2) is 7.74. The van der Waals surface area contributed by atoms with Crippen LogP contribution in [0.2, 0.25) is 0 Å². The Kier molecular flexibility index (Phi) is 5.23. The molecular formula is C24H25N3O3S. The summed E-state index contributed by atoms with van der Waals surface area (Å²) < 4.78 is 32.8. The fourth-order valence-corrected chi connectivity index (χ4v) is 4.17. The highest BCUT2D eigenvalue weighted by Crippen LogP contribution is 2.33. The molecule has 0 atom stereocenters. The summed E-state index contributed by atoms with van der Waals surface area (Å²) in [5, 5.41) is 3.51. The summed E-state index contributed by atoms with van der Waals surface area (Å²) in [6.45, 7) is 8.13. The molecule has 0 unspecified atom stereocenters. The molecule has 2 heterocycles. The lowest BCUT2D eigenvalue weighted by atomic mass is 10.1. The number of aryl methyl sites for hydroxylation is 1. The number of pyridine rings is 1. The molecule has 0 saturated heterocycles. The molecule has 0 bridgehead atoms. The molecule has 6 nitrogen and oxygen atoms in total. The lowest BCUT2D eigenvalue weighted by Gasteiger charge is -2.22. The summed E-state index contributed by atoms with van der Waals surface area (Å²) >= 11 is 0. The maximum absolute atomic E-state index is 12.7. The summed E-state index contributed by atoms with van der Waals surface area (Å²) in [7, 11) is -3.93. The van der Waals surface area contributed by atoms with Crippen LogP contribution in [-0.2, 0) is 10.1 Å². The van der Waals surface area contributed by atoms with E-state index in [0.717, 1.165) is 28.3 Å². The van der Waals surface area contributed by atoms with Gasteiger partial charge in [0.1, 0.15) is 27.8 Å². The maximum atomic E-state index is 12.7. The fourth-order valence-electron chi connectivity index (χ4n) is 3.25. The van der Waals surface area contributed by atoms with E-state index < -0.39 is 10.1 Å². The molecule has 2 aromatic carbocycles. The molecule has 0 amide bonds. The van der Waals surface area contributed by atoms with E-state index in [-0.39, 0.29) is 16.2 Å². The number of rotatable bonds is 5. The molecule has 0 spiro atoms. The van der Waals surface area contributed by atoms with Gasteiger partial charge in [0.25, 0.3) is 0 Å². The van der Waals surface area contributed by atoms with Gasteiger partial charge in [-0.1, -0.05) is 35.9 Å². The van der Waals surface area contributed by atoms with Crippen molar-refractivity contribution in [1.82, 2.24) is 9.38 Å². The van der Waals surface area contributed by atoms with Crippen molar-refractivity contribution in [2.75, 3.05) is 5.32 Å². The number of hydrogen-bond donors (Lipinski definition) is 1. The highest BCUT2D eigenvalue weighted by molar-refractivity contribution is 7.87. The number of anilines is 1. The van der Waals surface area contributed by atoms with Crippen molar-refractivity contribution in [2.45, 2.75) is 38.1 Å². The zero-order valence-electron chi connectivity index (χ0n) is 18.0. The molecule has 4 rings (SSSR count). The van der Waals surface area contributed by atoms with Crippen molar-refractivity contribution in [3.8, 4) is 17.0 Å². The van der Waals surface area contributed by atoms with E-state index in [1.54, 1.807) is 42.5 Å². The zero-order valence-corrected chi connectivity index (χ0v) is 18.8. The summed E-state index contributed by atoms with van der Waals surface area (Å²) in [4.78, 5) is 4.88. The zero-order chi connectivity index (χ0) is 22.2. The highest BCUT2D eigenvalue weighted by atomic mass is 32.2. The van der Waals surface area contributed by atoms with Crippen LogP contribution in [-0.4, -0.2) is 23.3 Å². The topological polar surface area (TPSA) is 72.7 Å². The number of aromatic nitrogens is 2. The lowest BCUT2D eigenvalue weighted by Crippen LogP contribution is -2.27. The second-order valence-corrected chi connectivity index (χ2v) is 10.0. The van der Waals surface area contributed by atoms with Gasteiger partial charge in [-0.05, 0) is 64.1 Å². The number of nitrogens with zero attached hydrogens (tertiary/aromatic N) is 2. The first-order valence-corrected chi connectivity index (χ1v) is 11.4. The molecule has 1 N–H and O–H groups in total. The first-order valence-electron chi connectivity index (χ1n) is 9.99. The Morgan fingerprint density at radius 3 is 2.42 bits per heavy atom. The summed E-state index contributed by atoms with van der Waals surface area (Å²) in [6.07, 6.45) is 1.95. The van der Waals surface area contributed by atoms with Gasteiger partial charge in [-0.3, -0.25) is 4.40 Å². The Hall–Kier alpha value is -3.32. The Morgan fingerprint density at radius 1 is 0.968 bits per heavy atom. The smallest absolute Gasteiger partial charge is 0.339 e. The molecule has 0 radical (unpaired) electrons. The first-order chi connectivity index (χ1) is 14.6. The van der Waals surface area contributed by atoms with E-state index in [4.69, 9.17) is 9.17 Å². The van der Waals surface area contributed by atoms with Crippen LogP contribution in [0.1, 0.15) is 26.3 Å². The Morgan fingerprint density at radius 2 is 1.71 bits per heavy atom. The van der Waals surface area contributed by atoms with Crippen molar-refractivity contribution < 1.29 is 12.6 Å². The highest BCUT2D eigenvalue weighted by Gasteiger charge is 2.21. The van der Waals surface area contributed by atoms with Crippen molar-refractivity contribution >= 4 is 21.6 Å². The van der Waals surface area contributed by atoms with Crippen LogP contribution in [0, 0.1) is 6.92 Å². The van der Waals surface area contributed by atoms with E-state index in [9.17, 15) is 8.42 Å². The number of fused-ring (bicyclic) bond motifs is 1. The third-order valence-corrected chi connectivity index (χ3v) is 5.91. The van der Waals surface area contributed by atoms with Crippen LogP contribution in [0.4, 0.5) is 5.82 Å². The lowest BCUT2D eigenvalue weighted by molar-refractivity contribution is 0.486. The molecule has 4 aromatic rings. The van der Waals surface area contributed by atoms with Crippen LogP contribution in [0.25, 0.3) is 16.9 Å². The van der Waals surface area contributed by atoms with Crippen LogP contribution in [0.3, 0.4) is 0 Å². The fraction of sp³-hybridized carbons (Fsp3) is 0.208. The average Bonchev–Trinajstić information content (AvgIpc) is 3.05. The van der Waals surface area contributed by atoms with Gasteiger partial charge in [0, 0.05) is 17.3 Å². The number of imidazole rings is 1. The van der Waals surface area contributed by atoms with Crippen molar-refractivity contribution in [1.29, 1.82) is 0 Å². The quantitative estimate of drug-likeness (QED) is 0.431. The normalized spacial score (nSPS) is 12.1. The number of nitrogens with one attached hydrogen (secondary N) is 1. The molecule has 160 valence electrons. The van der Waals surface area contributed by atoms with E-state index in [1.165, 1.54) is 0 Å². The predicted molar refractivity (Wildman–Crippen MR) is 123 cm³/mol. The summed E-state index contributed by atoms with van der Waals surface area (Å²) in [5.74, 6) is 1.07. The van der Waals surface area contributed by atoms with Gasteiger partial charge in [-0.2, -0.15) is 8.42 Å². The van der Waals surface area contributed by atoms with Gasteiger partial charge in [0.05, 0.1) is 0 Å². The van der Waals surface area contributed by atoms with Gasteiger partial charge in [-0.25, -0.2) is 4.98 Å². The van der Waals surface area contributed by atoms with Gasteiger partial charge in [0.15, 0.2) is 0 Å².